The number of hydrogen-bond donors (Lipinski definition) is 1. The summed E-state index contributed by atoms with van der Waals surface area (Å²) in [5.41, 5.74) is 0. The Labute approximate surface area is 96.0 Å². The molecule has 2 aliphatic rings. The van der Waals surface area contributed by atoms with Gasteiger partial charge in [0.25, 0.3) is 0 Å². The summed E-state index contributed by atoms with van der Waals surface area (Å²) in [5.74, 6) is -0.292. The minimum Gasteiger partial charge on any atom is -0.481 e. The van der Waals surface area contributed by atoms with Gasteiger partial charge in [-0.3, -0.25) is 9.69 Å². The zero-order chi connectivity index (χ0) is 11.4. The maximum absolute atomic E-state index is 10.5. The molecule has 2 aliphatic heterocycles. The van der Waals surface area contributed by atoms with E-state index in [-0.39, 0.29) is 0 Å². The molecule has 0 amide bonds. The van der Waals surface area contributed by atoms with Crippen molar-refractivity contribution in [2.75, 3.05) is 52.5 Å². The first kappa shape index (κ1) is 11.8. The highest BCUT2D eigenvalue weighted by atomic mass is 16.5. The van der Waals surface area contributed by atoms with Crippen LogP contribution in [0.1, 0.15) is 6.42 Å². The number of likely N-dealkylation sites (tertiary alicyclic amines) is 1. The molecule has 0 radical (unpaired) electrons. The third kappa shape index (κ3) is 3.43. The van der Waals surface area contributed by atoms with E-state index in [0.717, 1.165) is 52.5 Å². The van der Waals surface area contributed by atoms with Crippen LogP contribution in [0.4, 0.5) is 0 Å². The molecule has 0 unspecified atom stereocenters. The second-order valence-electron chi connectivity index (χ2n) is 4.68. The molecular weight excluding hydrogens is 208 g/mol. The number of carbonyl (C=O) groups is 1. The average molecular weight is 228 g/mol. The fourth-order valence-corrected chi connectivity index (χ4v) is 2.34. The predicted molar refractivity (Wildman–Crippen MR) is 59.4 cm³/mol. The van der Waals surface area contributed by atoms with Gasteiger partial charge in [-0.1, -0.05) is 0 Å². The molecule has 0 bridgehead atoms. The standard InChI is InChI=1S/C11H20N2O3/c14-11(15)7-10-8-13(9-10)2-1-12-3-5-16-6-4-12/h10H,1-9H2,(H,14,15). The Morgan fingerprint density at radius 3 is 2.44 bits per heavy atom. The molecule has 16 heavy (non-hydrogen) atoms. The lowest BCUT2D eigenvalue weighted by Gasteiger charge is -2.40. The first-order chi connectivity index (χ1) is 7.74. The van der Waals surface area contributed by atoms with Gasteiger partial charge >= 0.3 is 5.97 Å². The Hall–Kier alpha value is -0.650. The topological polar surface area (TPSA) is 53.0 Å². The SMILES string of the molecule is O=C(O)CC1CN(CCN2CCOCC2)C1. The van der Waals surface area contributed by atoms with E-state index < -0.39 is 5.97 Å². The van der Waals surface area contributed by atoms with Crippen molar-refractivity contribution in [3.8, 4) is 0 Å². The van der Waals surface area contributed by atoms with Crippen LogP contribution in [-0.2, 0) is 9.53 Å². The lowest BCUT2D eigenvalue weighted by atomic mass is 9.96. The second-order valence-corrected chi connectivity index (χ2v) is 4.68. The Morgan fingerprint density at radius 1 is 1.19 bits per heavy atom. The van der Waals surface area contributed by atoms with Gasteiger partial charge in [-0.15, -0.1) is 0 Å². The number of carboxylic acid groups (broad SMARTS) is 1. The molecule has 0 aromatic carbocycles. The van der Waals surface area contributed by atoms with Crippen molar-refractivity contribution in [2.45, 2.75) is 6.42 Å². The number of carboxylic acids is 1. The first-order valence-corrected chi connectivity index (χ1v) is 5.98. The number of rotatable bonds is 5. The molecule has 0 aromatic heterocycles. The van der Waals surface area contributed by atoms with Crippen LogP contribution in [0, 0.1) is 5.92 Å². The first-order valence-electron chi connectivity index (χ1n) is 5.98. The molecule has 1 N–H and O–H groups in total. The minimum absolute atomic E-state index is 0.327. The second kappa shape index (κ2) is 5.61. The largest absolute Gasteiger partial charge is 0.481 e. The zero-order valence-electron chi connectivity index (χ0n) is 9.60. The van der Waals surface area contributed by atoms with Crippen LogP contribution < -0.4 is 0 Å². The van der Waals surface area contributed by atoms with Gasteiger partial charge in [0.1, 0.15) is 0 Å². The van der Waals surface area contributed by atoms with Crippen molar-refractivity contribution in [3.63, 3.8) is 0 Å². The summed E-state index contributed by atoms with van der Waals surface area (Å²) in [4.78, 5) is 15.2. The monoisotopic (exact) mass is 228 g/mol. The van der Waals surface area contributed by atoms with Crippen molar-refractivity contribution in [1.82, 2.24) is 9.80 Å². The smallest absolute Gasteiger partial charge is 0.303 e. The van der Waals surface area contributed by atoms with Gasteiger partial charge < -0.3 is 14.7 Å². The summed E-state index contributed by atoms with van der Waals surface area (Å²) < 4.78 is 5.29. The van der Waals surface area contributed by atoms with Crippen LogP contribution in [0.25, 0.3) is 0 Å². The molecule has 5 nitrogen and oxygen atoms in total. The highest BCUT2D eigenvalue weighted by Gasteiger charge is 2.28. The number of aliphatic carboxylic acids is 1. The average Bonchev–Trinajstić information content (AvgIpc) is 2.22. The summed E-state index contributed by atoms with van der Waals surface area (Å²) in [6, 6.07) is 0. The van der Waals surface area contributed by atoms with Gasteiger partial charge in [0, 0.05) is 39.3 Å². The van der Waals surface area contributed by atoms with E-state index in [4.69, 9.17) is 9.84 Å². The lowest BCUT2D eigenvalue weighted by molar-refractivity contribution is -0.139. The zero-order valence-corrected chi connectivity index (χ0v) is 9.60. The van der Waals surface area contributed by atoms with Gasteiger partial charge in [0.05, 0.1) is 19.6 Å². The Bertz CT molecular complexity index is 235. The molecule has 0 spiro atoms. The van der Waals surface area contributed by atoms with Gasteiger partial charge in [0.15, 0.2) is 0 Å². The van der Waals surface area contributed by atoms with Crippen molar-refractivity contribution in [2.24, 2.45) is 5.92 Å². The predicted octanol–water partition coefficient (Wildman–Crippen LogP) is -0.275. The van der Waals surface area contributed by atoms with E-state index in [1.54, 1.807) is 0 Å². The molecule has 2 heterocycles. The lowest BCUT2D eigenvalue weighted by Crippen LogP contribution is -2.51. The number of ether oxygens (including phenoxy) is 1. The van der Waals surface area contributed by atoms with Crippen LogP contribution in [-0.4, -0.2) is 73.4 Å². The molecule has 0 aromatic rings. The highest BCUT2D eigenvalue weighted by molar-refractivity contribution is 5.67. The maximum atomic E-state index is 10.5. The maximum Gasteiger partial charge on any atom is 0.303 e. The van der Waals surface area contributed by atoms with Crippen molar-refractivity contribution in [1.29, 1.82) is 0 Å². The molecule has 5 heteroatoms. The van der Waals surface area contributed by atoms with E-state index in [0.29, 0.717) is 12.3 Å². The van der Waals surface area contributed by atoms with Gasteiger partial charge in [-0.05, 0) is 5.92 Å². The molecule has 92 valence electrons. The van der Waals surface area contributed by atoms with E-state index in [1.165, 1.54) is 0 Å². The molecule has 0 aliphatic carbocycles. The van der Waals surface area contributed by atoms with Gasteiger partial charge in [-0.2, -0.15) is 0 Å². The number of morpholine rings is 1. The van der Waals surface area contributed by atoms with Crippen LogP contribution >= 0.6 is 0 Å². The number of hydrogen-bond acceptors (Lipinski definition) is 4. The summed E-state index contributed by atoms with van der Waals surface area (Å²) >= 11 is 0. The van der Waals surface area contributed by atoms with E-state index in [1.807, 2.05) is 0 Å². The molecule has 0 atom stereocenters. The normalized spacial score (nSPS) is 24.2. The van der Waals surface area contributed by atoms with Crippen molar-refractivity contribution in [3.05, 3.63) is 0 Å². The van der Waals surface area contributed by atoms with Crippen LogP contribution in [0.15, 0.2) is 0 Å². The molecular formula is C11H20N2O3. The fourth-order valence-electron chi connectivity index (χ4n) is 2.34. The molecule has 2 rings (SSSR count). The minimum atomic E-state index is -0.669. The molecule has 0 saturated carbocycles. The van der Waals surface area contributed by atoms with Gasteiger partial charge in [0.2, 0.25) is 0 Å². The van der Waals surface area contributed by atoms with E-state index in [2.05, 4.69) is 9.80 Å². The third-order valence-electron chi connectivity index (χ3n) is 3.33. The number of nitrogens with zero attached hydrogens (tertiary/aromatic N) is 2. The quantitative estimate of drug-likeness (QED) is 0.701. The molecule has 2 saturated heterocycles. The summed E-state index contributed by atoms with van der Waals surface area (Å²) in [6.45, 7) is 7.83. The highest BCUT2D eigenvalue weighted by Crippen LogP contribution is 2.18. The van der Waals surface area contributed by atoms with Crippen molar-refractivity contribution >= 4 is 5.97 Å². The molecule has 2 fully saturated rings. The van der Waals surface area contributed by atoms with Gasteiger partial charge in [-0.25, -0.2) is 0 Å². The summed E-state index contributed by atoms with van der Waals surface area (Å²) in [5, 5.41) is 8.63. The Kier molecular flexibility index (Phi) is 4.15. The van der Waals surface area contributed by atoms with Crippen molar-refractivity contribution < 1.29 is 14.6 Å². The fraction of sp³-hybridized carbons (Fsp3) is 0.909. The van der Waals surface area contributed by atoms with Crippen LogP contribution in [0.2, 0.25) is 0 Å². The van der Waals surface area contributed by atoms with Crippen LogP contribution in [0.5, 0.6) is 0 Å². The van der Waals surface area contributed by atoms with Crippen LogP contribution in [0.3, 0.4) is 0 Å². The third-order valence-corrected chi connectivity index (χ3v) is 3.33. The summed E-state index contributed by atoms with van der Waals surface area (Å²) in [6.07, 6.45) is 0.327. The Balaban J connectivity index is 1.54. The summed E-state index contributed by atoms with van der Waals surface area (Å²) in [7, 11) is 0. The van der Waals surface area contributed by atoms with E-state index >= 15 is 0 Å². The van der Waals surface area contributed by atoms with E-state index in [9.17, 15) is 4.79 Å². The Morgan fingerprint density at radius 2 is 1.81 bits per heavy atom.